The molecule has 0 unspecified atom stereocenters. The summed E-state index contributed by atoms with van der Waals surface area (Å²) in [5.74, 6) is -0.908. The molecule has 20 heavy (non-hydrogen) atoms. The number of ether oxygens (including phenoxy) is 1. The third kappa shape index (κ3) is 3.58. The van der Waals surface area contributed by atoms with Gasteiger partial charge in [0.2, 0.25) is 0 Å². The molecular weight excluding hydrogens is 280 g/mol. The molecular formula is C12H12N4O3S. The van der Waals surface area contributed by atoms with Crippen LogP contribution in [0.1, 0.15) is 17.4 Å². The van der Waals surface area contributed by atoms with E-state index in [0.717, 1.165) is 0 Å². The predicted molar refractivity (Wildman–Crippen MR) is 72.1 cm³/mol. The van der Waals surface area contributed by atoms with E-state index in [1.807, 2.05) is 0 Å². The van der Waals surface area contributed by atoms with Crippen LogP contribution in [-0.4, -0.2) is 40.0 Å². The summed E-state index contributed by atoms with van der Waals surface area (Å²) < 4.78 is 4.71. The van der Waals surface area contributed by atoms with Crippen molar-refractivity contribution >= 4 is 23.2 Å². The molecule has 0 saturated heterocycles. The van der Waals surface area contributed by atoms with Gasteiger partial charge in [-0.1, -0.05) is 0 Å². The topological polar surface area (TPSA) is 94.1 Å². The molecule has 8 heteroatoms. The maximum atomic E-state index is 11.8. The summed E-state index contributed by atoms with van der Waals surface area (Å²) in [5, 5.41) is 4.64. The second-order valence-electron chi connectivity index (χ2n) is 3.62. The SMILES string of the molecule is CCOC(=O)CNC(=O)c1csc(-c2cnccn2)n1. The van der Waals surface area contributed by atoms with Gasteiger partial charge in [-0.25, -0.2) is 4.98 Å². The monoisotopic (exact) mass is 292 g/mol. The third-order valence-electron chi connectivity index (χ3n) is 2.22. The molecule has 0 atom stereocenters. The number of carbonyl (C=O) groups excluding carboxylic acids is 2. The van der Waals surface area contributed by atoms with Crippen molar-refractivity contribution in [1.82, 2.24) is 20.3 Å². The molecule has 0 fully saturated rings. The van der Waals surface area contributed by atoms with Crippen LogP contribution in [0.2, 0.25) is 0 Å². The van der Waals surface area contributed by atoms with Crippen molar-refractivity contribution in [1.29, 1.82) is 0 Å². The van der Waals surface area contributed by atoms with Crippen molar-refractivity contribution in [2.24, 2.45) is 0 Å². The normalized spacial score (nSPS) is 10.1. The zero-order chi connectivity index (χ0) is 14.4. The van der Waals surface area contributed by atoms with Crippen LogP contribution >= 0.6 is 11.3 Å². The van der Waals surface area contributed by atoms with Gasteiger partial charge in [-0.05, 0) is 6.92 Å². The van der Waals surface area contributed by atoms with Gasteiger partial charge in [0.15, 0.2) is 0 Å². The van der Waals surface area contributed by atoms with Crippen molar-refractivity contribution in [2.75, 3.05) is 13.2 Å². The minimum atomic E-state index is -0.481. The fourth-order valence-corrected chi connectivity index (χ4v) is 2.12. The minimum absolute atomic E-state index is 0.176. The van der Waals surface area contributed by atoms with E-state index in [4.69, 9.17) is 4.74 Å². The van der Waals surface area contributed by atoms with Gasteiger partial charge in [0, 0.05) is 17.8 Å². The Hall–Kier alpha value is -2.35. The first-order valence-corrected chi connectivity index (χ1v) is 6.74. The Morgan fingerprint density at radius 3 is 2.95 bits per heavy atom. The number of nitrogens with zero attached hydrogens (tertiary/aromatic N) is 3. The first kappa shape index (κ1) is 14.1. The molecule has 1 amide bonds. The number of esters is 1. The summed E-state index contributed by atoms with van der Waals surface area (Å²) >= 11 is 1.28. The highest BCUT2D eigenvalue weighted by molar-refractivity contribution is 7.13. The van der Waals surface area contributed by atoms with E-state index in [1.54, 1.807) is 30.9 Å². The standard InChI is InChI=1S/C12H12N4O3S/c1-2-19-10(17)6-15-11(18)9-7-20-12(16-9)8-5-13-3-4-14-8/h3-5,7H,2,6H2,1H3,(H,15,18). The molecule has 0 aliphatic carbocycles. The van der Waals surface area contributed by atoms with E-state index in [0.29, 0.717) is 10.7 Å². The lowest BCUT2D eigenvalue weighted by Crippen LogP contribution is -2.30. The lowest BCUT2D eigenvalue weighted by atomic mass is 10.4. The quantitative estimate of drug-likeness (QED) is 0.823. The molecule has 2 aromatic rings. The van der Waals surface area contributed by atoms with Crippen LogP contribution in [0.3, 0.4) is 0 Å². The second kappa shape index (κ2) is 6.71. The second-order valence-corrected chi connectivity index (χ2v) is 4.47. The molecule has 1 N–H and O–H groups in total. The summed E-state index contributed by atoms with van der Waals surface area (Å²) in [4.78, 5) is 35.1. The van der Waals surface area contributed by atoms with Gasteiger partial charge >= 0.3 is 5.97 Å². The van der Waals surface area contributed by atoms with E-state index in [-0.39, 0.29) is 18.8 Å². The Bertz CT molecular complexity index is 600. The molecule has 0 aromatic carbocycles. The molecule has 0 bridgehead atoms. The lowest BCUT2D eigenvalue weighted by Gasteiger charge is -2.02. The summed E-state index contributed by atoms with van der Waals surface area (Å²) in [6.07, 6.45) is 4.68. The summed E-state index contributed by atoms with van der Waals surface area (Å²) in [7, 11) is 0. The van der Waals surface area contributed by atoms with Crippen molar-refractivity contribution in [3.63, 3.8) is 0 Å². The van der Waals surface area contributed by atoms with Crippen molar-refractivity contribution in [3.8, 4) is 10.7 Å². The highest BCUT2D eigenvalue weighted by atomic mass is 32.1. The van der Waals surface area contributed by atoms with Gasteiger partial charge in [0.1, 0.15) is 22.9 Å². The first-order chi connectivity index (χ1) is 9.70. The van der Waals surface area contributed by atoms with E-state index in [1.165, 1.54) is 11.3 Å². The number of nitrogens with one attached hydrogen (secondary N) is 1. The summed E-state index contributed by atoms with van der Waals surface area (Å²) in [6, 6.07) is 0. The molecule has 2 aromatic heterocycles. The number of hydrogen-bond donors (Lipinski definition) is 1. The predicted octanol–water partition coefficient (Wildman–Crippen LogP) is 0.893. The summed E-state index contributed by atoms with van der Waals surface area (Å²) in [5.41, 5.74) is 0.835. The Kier molecular flexibility index (Phi) is 4.72. The highest BCUT2D eigenvalue weighted by Crippen LogP contribution is 2.20. The Morgan fingerprint density at radius 2 is 2.25 bits per heavy atom. The molecule has 2 heterocycles. The van der Waals surface area contributed by atoms with Gasteiger partial charge in [0.05, 0.1) is 12.8 Å². The van der Waals surface area contributed by atoms with Gasteiger partial charge in [-0.3, -0.25) is 19.6 Å². The third-order valence-corrected chi connectivity index (χ3v) is 3.08. The number of carbonyl (C=O) groups is 2. The van der Waals surface area contributed by atoms with Gasteiger partial charge in [-0.2, -0.15) is 0 Å². The van der Waals surface area contributed by atoms with E-state index in [2.05, 4.69) is 20.3 Å². The van der Waals surface area contributed by atoms with Crippen LogP contribution in [0.15, 0.2) is 24.0 Å². The molecule has 0 saturated carbocycles. The van der Waals surface area contributed by atoms with Crippen LogP contribution in [0, 0.1) is 0 Å². The van der Waals surface area contributed by atoms with Crippen LogP contribution in [0.4, 0.5) is 0 Å². The first-order valence-electron chi connectivity index (χ1n) is 5.86. The summed E-state index contributed by atoms with van der Waals surface area (Å²) in [6.45, 7) is 1.81. The lowest BCUT2D eigenvalue weighted by molar-refractivity contribution is -0.141. The molecule has 0 aliphatic rings. The van der Waals surface area contributed by atoms with Crippen molar-refractivity contribution in [2.45, 2.75) is 6.92 Å². The Morgan fingerprint density at radius 1 is 1.40 bits per heavy atom. The van der Waals surface area contributed by atoms with Crippen LogP contribution in [0.25, 0.3) is 10.7 Å². The fourth-order valence-electron chi connectivity index (χ4n) is 1.36. The zero-order valence-electron chi connectivity index (χ0n) is 10.7. The van der Waals surface area contributed by atoms with Crippen LogP contribution in [0.5, 0.6) is 0 Å². The largest absolute Gasteiger partial charge is 0.465 e. The minimum Gasteiger partial charge on any atom is -0.465 e. The Labute approximate surface area is 119 Å². The van der Waals surface area contributed by atoms with Crippen LogP contribution in [-0.2, 0) is 9.53 Å². The molecule has 104 valence electrons. The van der Waals surface area contributed by atoms with Gasteiger partial charge in [0.25, 0.3) is 5.91 Å². The zero-order valence-corrected chi connectivity index (χ0v) is 11.5. The van der Waals surface area contributed by atoms with Crippen LogP contribution < -0.4 is 5.32 Å². The average Bonchev–Trinajstić information content (AvgIpc) is 2.96. The van der Waals surface area contributed by atoms with Crippen molar-refractivity contribution < 1.29 is 14.3 Å². The van der Waals surface area contributed by atoms with Crippen molar-refractivity contribution in [3.05, 3.63) is 29.7 Å². The number of aromatic nitrogens is 3. The average molecular weight is 292 g/mol. The maximum Gasteiger partial charge on any atom is 0.325 e. The molecule has 7 nitrogen and oxygen atoms in total. The van der Waals surface area contributed by atoms with E-state index >= 15 is 0 Å². The highest BCUT2D eigenvalue weighted by Gasteiger charge is 2.13. The maximum absolute atomic E-state index is 11.8. The molecule has 0 spiro atoms. The number of rotatable bonds is 5. The number of thiazole rings is 1. The Balaban J connectivity index is 1.98. The number of hydrogen-bond acceptors (Lipinski definition) is 7. The smallest absolute Gasteiger partial charge is 0.325 e. The number of amides is 1. The fraction of sp³-hybridized carbons (Fsp3) is 0.250. The molecule has 0 radical (unpaired) electrons. The van der Waals surface area contributed by atoms with E-state index < -0.39 is 11.9 Å². The van der Waals surface area contributed by atoms with E-state index in [9.17, 15) is 9.59 Å². The molecule has 0 aliphatic heterocycles. The van der Waals surface area contributed by atoms with Gasteiger partial charge < -0.3 is 10.1 Å². The van der Waals surface area contributed by atoms with Gasteiger partial charge in [-0.15, -0.1) is 11.3 Å². The molecule has 2 rings (SSSR count).